The zero-order chi connectivity index (χ0) is 10.1. The molecular formula is C12H20ClN. The molecule has 0 atom stereocenters. The molecule has 0 unspecified atom stereocenters. The van der Waals surface area contributed by atoms with Gasteiger partial charge < -0.3 is 16.9 Å². The van der Waals surface area contributed by atoms with E-state index in [1.807, 2.05) is 0 Å². The summed E-state index contributed by atoms with van der Waals surface area (Å²) in [4.78, 5) is 0. The lowest BCUT2D eigenvalue weighted by Crippen LogP contribution is -3.00. The maximum Gasteiger partial charge on any atom is 0.104 e. The van der Waals surface area contributed by atoms with Gasteiger partial charge in [0.05, 0.1) is 21.1 Å². The maximum atomic E-state index is 2.29. The van der Waals surface area contributed by atoms with E-state index in [-0.39, 0.29) is 12.4 Å². The van der Waals surface area contributed by atoms with Crippen LogP contribution in [0.15, 0.2) is 18.2 Å². The Hall–Kier alpha value is -0.530. The molecule has 80 valence electrons. The maximum absolute atomic E-state index is 2.29. The van der Waals surface area contributed by atoms with Crippen LogP contribution in [0.4, 0.5) is 0 Å². The summed E-state index contributed by atoms with van der Waals surface area (Å²) >= 11 is 0. The second kappa shape index (κ2) is 4.81. The van der Waals surface area contributed by atoms with E-state index in [0.717, 1.165) is 11.0 Å². The molecule has 1 rings (SSSR count). The Morgan fingerprint density at radius 1 is 1.07 bits per heavy atom. The van der Waals surface area contributed by atoms with Crippen molar-refractivity contribution in [1.82, 2.24) is 0 Å². The Kier molecular flexibility index (Phi) is 4.63. The van der Waals surface area contributed by atoms with E-state index in [1.54, 1.807) is 0 Å². The molecule has 0 aliphatic carbocycles. The summed E-state index contributed by atoms with van der Waals surface area (Å²) in [6.45, 7) is 5.44. The average molecular weight is 214 g/mol. The van der Waals surface area contributed by atoms with Crippen molar-refractivity contribution in [2.45, 2.75) is 20.4 Å². The topological polar surface area (TPSA) is 0 Å². The predicted octanol–water partition coefficient (Wildman–Crippen LogP) is -0.486. The lowest BCUT2D eigenvalue weighted by molar-refractivity contribution is -0.884. The fourth-order valence-electron chi connectivity index (χ4n) is 1.48. The predicted molar refractivity (Wildman–Crippen MR) is 57.7 cm³/mol. The third-order valence-corrected chi connectivity index (χ3v) is 2.15. The van der Waals surface area contributed by atoms with Gasteiger partial charge in [0, 0.05) is 5.56 Å². The molecule has 0 aromatic heterocycles. The third kappa shape index (κ3) is 4.12. The summed E-state index contributed by atoms with van der Waals surface area (Å²) in [5.41, 5.74) is 4.22. The molecule has 1 nitrogen and oxygen atoms in total. The molecular weight excluding hydrogens is 194 g/mol. The minimum atomic E-state index is 0. The van der Waals surface area contributed by atoms with E-state index in [0.29, 0.717) is 0 Å². The molecule has 0 radical (unpaired) electrons. The first kappa shape index (κ1) is 13.5. The molecule has 0 N–H and O–H groups in total. The monoisotopic (exact) mass is 213 g/mol. The first-order chi connectivity index (χ1) is 5.88. The lowest BCUT2D eigenvalue weighted by atomic mass is 10.1. The molecule has 0 fully saturated rings. The highest BCUT2D eigenvalue weighted by atomic mass is 35.5. The van der Waals surface area contributed by atoms with E-state index in [1.165, 1.54) is 16.7 Å². The molecule has 0 aliphatic rings. The Morgan fingerprint density at radius 3 is 2.14 bits per heavy atom. The molecule has 0 heterocycles. The molecule has 14 heavy (non-hydrogen) atoms. The number of nitrogens with zero attached hydrogens (tertiary/aromatic N) is 1. The van der Waals surface area contributed by atoms with Crippen LogP contribution in [0.1, 0.15) is 16.7 Å². The van der Waals surface area contributed by atoms with E-state index >= 15 is 0 Å². The molecule has 0 spiro atoms. The van der Waals surface area contributed by atoms with Crippen molar-refractivity contribution < 1.29 is 16.9 Å². The van der Waals surface area contributed by atoms with Crippen LogP contribution in [0.5, 0.6) is 0 Å². The van der Waals surface area contributed by atoms with Gasteiger partial charge in [-0.3, -0.25) is 0 Å². The van der Waals surface area contributed by atoms with Gasteiger partial charge in [-0.1, -0.05) is 23.8 Å². The van der Waals surface area contributed by atoms with Crippen LogP contribution in [0.25, 0.3) is 0 Å². The van der Waals surface area contributed by atoms with Crippen LogP contribution in [-0.2, 0) is 6.54 Å². The Bertz CT molecular complexity index is 300. The Balaban J connectivity index is 0.00000169. The molecule has 1 aromatic rings. The standard InChI is InChI=1S/C12H20N.ClH/c1-10-6-7-11(2)12(8-10)9-13(3,4)5;/h6-8H,9H2,1-5H3;1H/q+1;/p-1. The molecule has 0 saturated heterocycles. The molecule has 2 heteroatoms. The number of halogens is 1. The van der Waals surface area contributed by atoms with Gasteiger partial charge in [-0.15, -0.1) is 0 Å². The van der Waals surface area contributed by atoms with Crippen molar-refractivity contribution in [3.05, 3.63) is 34.9 Å². The Labute approximate surface area is 93.7 Å². The van der Waals surface area contributed by atoms with Gasteiger partial charge >= 0.3 is 0 Å². The second-order valence-electron chi connectivity index (χ2n) is 4.88. The SMILES string of the molecule is Cc1ccc(C)c(C[N+](C)(C)C)c1.[Cl-]. The molecule has 0 amide bonds. The van der Waals surface area contributed by atoms with Gasteiger partial charge in [-0.25, -0.2) is 0 Å². The molecule has 0 bridgehead atoms. The van der Waals surface area contributed by atoms with Gasteiger partial charge in [0.2, 0.25) is 0 Å². The normalized spacial score (nSPS) is 10.9. The summed E-state index contributed by atoms with van der Waals surface area (Å²) in [6, 6.07) is 6.67. The minimum Gasteiger partial charge on any atom is -1.00 e. The second-order valence-corrected chi connectivity index (χ2v) is 4.88. The number of rotatable bonds is 2. The summed E-state index contributed by atoms with van der Waals surface area (Å²) in [5, 5.41) is 0. The summed E-state index contributed by atoms with van der Waals surface area (Å²) < 4.78 is 0.990. The summed E-state index contributed by atoms with van der Waals surface area (Å²) in [5.74, 6) is 0. The van der Waals surface area contributed by atoms with Crippen LogP contribution >= 0.6 is 0 Å². The largest absolute Gasteiger partial charge is 1.00 e. The van der Waals surface area contributed by atoms with Crippen molar-refractivity contribution in [1.29, 1.82) is 0 Å². The Morgan fingerprint density at radius 2 is 1.64 bits per heavy atom. The van der Waals surface area contributed by atoms with Crippen LogP contribution < -0.4 is 12.4 Å². The summed E-state index contributed by atoms with van der Waals surface area (Å²) in [6.07, 6.45) is 0. The summed E-state index contributed by atoms with van der Waals surface area (Å²) in [7, 11) is 6.67. The van der Waals surface area contributed by atoms with Crippen LogP contribution in [0.2, 0.25) is 0 Å². The van der Waals surface area contributed by atoms with E-state index < -0.39 is 0 Å². The van der Waals surface area contributed by atoms with Gasteiger partial charge in [0.15, 0.2) is 0 Å². The van der Waals surface area contributed by atoms with Gasteiger partial charge in [0.1, 0.15) is 6.54 Å². The average Bonchev–Trinajstić information content (AvgIpc) is 1.94. The van der Waals surface area contributed by atoms with Crippen LogP contribution in [-0.4, -0.2) is 25.6 Å². The number of aryl methyl sites for hydroxylation is 2. The number of hydrogen-bond acceptors (Lipinski definition) is 0. The quantitative estimate of drug-likeness (QED) is 0.582. The molecule has 0 aliphatic heterocycles. The fraction of sp³-hybridized carbons (Fsp3) is 0.500. The number of quaternary nitrogens is 1. The van der Waals surface area contributed by atoms with Crippen molar-refractivity contribution in [2.24, 2.45) is 0 Å². The first-order valence-corrected chi connectivity index (χ1v) is 4.75. The number of benzene rings is 1. The van der Waals surface area contributed by atoms with Crippen LogP contribution in [0.3, 0.4) is 0 Å². The van der Waals surface area contributed by atoms with Crippen molar-refractivity contribution >= 4 is 0 Å². The van der Waals surface area contributed by atoms with Gasteiger partial charge in [-0.2, -0.15) is 0 Å². The highest BCUT2D eigenvalue weighted by molar-refractivity contribution is 5.29. The zero-order valence-electron chi connectivity index (χ0n) is 9.76. The smallest absolute Gasteiger partial charge is 0.104 e. The van der Waals surface area contributed by atoms with E-state index in [4.69, 9.17) is 0 Å². The van der Waals surface area contributed by atoms with Gasteiger partial charge in [-0.05, 0) is 19.4 Å². The highest BCUT2D eigenvalue weighted by Gasteiger charge is 2.10. The van der Waals surface area contributed by atoms with E-state index in [9.17, 15) is 0 Å². The van der Waals surface area contributed by atoms with Gasteiger partial charge in [0.25, 0.3) is 0 Å². The molecule has 0 saturated carbocycles. The van der Waals surface area contributed by atoms with Crippen LogP contribution in [0, 0.1) is 13.8 Å². The highest BCUT2D eigenvalue weighted by Crippen LogP contribution is 2.14. The van der Waals surface area contributed by atoms with Crippen molar-refractivity contribution in [2.75, 3.05) is 21.1 Å². The minimum absolute atomic E-state index is 0. The van der Waals surface area contributed by atoms with Crippen molar-refractivity contribution in [3.63, 3.8) is 0 Å². The first-order valence-electron chi connectivity index (χ1n) is 4.75. The van der Waals surface area contributed by atoms with Crippen molar-refractivity contribution in [3.8, 4) is 0 Å². The van der Waals surface area contributed by atoms with E-state index in [2.05, 4.69) is 53.2 Å². The number of hydrogen-bond donors (Lipinski definition) is 0. The lowest BCUT2D eigenvalue weighted by Gasteiger charge is -2.25. The molecule has 1 aromatic carbocycles. The fourth-order valence-corrected chi connectivity index (χ4v) is 1.48. The third-order valence-electron chi connectivity index (χ3n) is 2.15. The zero-order valence-corrected chi connectivity index (χ0v) is 10.5.